The summed E-state index contributed by atoms with van der Waals surface area (Å²) in [5.41, 5.74) is 1.77. The van der Waals surface area contributed by atoms with E-state index in [0.29, 0.717) is 28.4 Å². The van der Waals surface area contributed by atoms with E-state index >= 15 is 0 Å². The summed E-state index contributed by atoms with van der Waals surface area (Å²) in [6.07, 6.45) is -0.590. The molecule has 0 aliphatic carbocycles. The van der Waals surface area contributed by atoms with Crippen LogP contribution in [-0.4, -0.2) is 23.8 Å². The molecule has 2 aromatic carbocycles. The second-order valence-electron chi connectivity index (χ2n) is 5.64. The zero-order valence-electron chi connectivity index (χ0n) is 13.8. The van der Waals surface area contributed by atoms with Gasteiger partial charge in [0.2, 0.25) is 5.91 Å². The Labute approximate surface area is 144 Å². The van der Waals surface area contributed by atoms with E-state index in [0.717, 1.165) is 0 Å². The SMILES string of the molecule is CC(=O)Nc1cccc(C(=O)Nc2cccc3c2NC(=O)C(C)O3)c1. The van der Waals surface area contributed by atoms with Crippen LogP contribution in [0, 0.1) is 0 Å². The van der Waals surface area contributed by atoms with Crippen molar-refractivity contribution in [2.75, 3.05) is 16.0 Å². The number of fused-ring (bicyclic) bond motifs is 1. The van der Waals surface area contributed by atoms with Gasteiger partial charge in [-0.25, -0.2) is 0 Å². The van der Waals surface area contributed by atoms with E-state index in [4.69, 9.17) is 4.74 Å². The number of amides is 3. The third-order valence-electron chi connectivity index (χ3n) is 3.64. The van der Waals surface area contributed by atoms with Crippen molar-refractivity contribution >= 4 is 34.8 Å². The Morgan fingerprint density at radius 2 is 1.88 bits per heavy atom. The minimum absolute atomic E-state index is 0.219. The average molecular weight is 339 g/mol. The van der Waals surface area contributed by atoms with Crippen molar-refractivity contribution in [2.45, 2.75) is 20.0 Å². The maximum absolute atomic E-state index is 12.5. The van der Waals surface area contributed by atoms with E-state index in [9.17, 15) is 14.4 Å². The van der Waals surface area contributed by atoms with Gasteiger partial charge in [-0.2, -0.15) is 0 Å². The first kappa shape index (κ1) is 16.5. The summed E-state index contributed by atoms with van der Waals surface area (Å²) in [6, 6.07) is 11.7. The Kier molecular flexibility index (Phi) is 4.38. The molecule has 0 fully saturated rings. The number of rotatable bonds is 3. The fourth-order valence-electron chi connectivity index (χ4n) is 2.47. The predicted molar refractivity (Wildman–Crippen MR) is 93.9 cm³/mol. The molecule has 1 aliphatic heterocycles. The Morgan fingerprint density at radius 1 is 1.12 bits per heavy atom. The van der Waals surface area contributed by atoms with Gasteiger partial charge in [-0.3, -0.25) is 14.4 Å². The number of carbonyl (C=O) groups is 3. The van der Waals surface area contributed by atoms with Crippen LogP contribution < -0.4 is 20.7 Å². The summed E-state index contributed by atoms with van der Waals surface area (Å²) >= 11 is 0. The van der Waals surface area contributed by atoms with Crippen LogP contribution >= 0.6 is 0 Å². The number of carbonyl (C=O) groups excluding carboxylic acids is 3. The molecule has 128 valence electrons. The summed E-state index contributed by atoms with van der Waals surface area (Å²) in [4.78, 5) is 35.5. The average Bonchev–Trinajstić information content (AvgIpc) is 2.56. The number of nitrogens with one attached hydrogen (secondary N) is 3. The third-order valence-corrected chi connectivity index (χ3v) is 3.64. The third kappa shape index (κ3) is 3.60. The van der Waals surface area contributed by atoms with Gasteiger partial charge in [-0.15, -0.1) is 0 Å². The quantitative estimate of drug-likeness (QED) is 0.801. The maximum Gasteiger partial charge on any atom is 0.265 e. The van der Waals surface area contributed by atoms with Gasteiger partial charge in [-0.1, -0.05) is 12.1 Å². The lowest BCUT2D eigenvalue weighted by Crippen LogP contribution is -2.34. The van der Waals surface area contributed by atoms with E-state index < -0.39 is 6.10 Å². The highest BCUT2D eigenvalue weighted by Crippen LogP contribution is 2.36. The zero-order chi connectivity index (χ0) is 18.0. The van der Waals surface area contributed by atoms with Crippen LogP contribution in [0.5, 0.6) is 5.75 Å². The van der Waals surface area contributed by atoms with E-state index in [2.05, 4.69) is 16.0 Å². The molecule has 0 saturated carbocycles. The van der Waals surface area contributed by atoms with E-state index in [-0.39, 0.29) is 17.7 Å². The molecule has 7 nitrogen and oxygen atoms in total. The lowest BCUT2D eigenvalue weighted by Gasteiger charge is -2.25. The molecular weight excluding hydrogens is 322 g/mol. The molecule has 25 heavy (non-hydrogen) atoms. The minimum atomic E-state index is -0.590. The largest absolute Gasteiger partial charge is 0.479 e. The Bertz CT molecular complexity index is 863. The Hall–Kier alpha value is -3.35. The molecule has 1 unspecified atom stereocenters. The number of hydrogen-bond acceptors (Lipinski definition) is 4. The topological polar surface area (TPSA) is 96.5 Å². The first-order chi connectivity index (χ1) is 11.9. The molecule has 1 aliphatic rings. The second-order valence-corrected chi connectivity index (χ2v) is 5.64. The van der Waals surface area contributed by atoms with Gasteiger partial charge in [0.05, 0.1) is 5.69 Å². The molecule has 3 N–H and O–H groups in total. The lowest BCUT2D eigenvalue weighted by molar-refractivity contribution is -0.122. The summed E-state index contributed by atoms with van der Waals surface area (Å²) in [5.74, 6) is -0.365. The summed E-state index contributed by atoms with van der Waals surface area (Å²) in [5, 5.41) is 8.12. The summed E-state index contributed by atoms with van der Waals surface area (Å²) in [6.45, 7) is 3.05. The predicted octanol–water partition coefficient (Wildman–Crippen LogP) is 2.62. The van der Waals surface area contributed by atoms with Gasteiger partial charge in [0, 0.05) is 18.2 Å². The van der Waals surface area contributed by atoms with Gasteiger partial charge < -0.3 is 20.7 Å². The van der Waals surface area contributed by atoms with Crippen LogP contribution in [0.15, 0.2) is 42.5 Å². The molecule has 3 amide bonds. The normalized spacial score (nSPS) is 15.4. The van der Waals surface area contributed by atoms with Crippen molar-refractivity contribution in [2.24, 2.45) is 0 Å². The van der Waals surface area contributed by atoms with Crippen molar-refractivity contribution in [1.29, 1.82) is 0 Å². The van der Waals surface area contributed by atoms with Gasteiger partial charge in [0.25, 0.3) is 11.8 Å². The van der Waals surface area contributed by atoms with Crippen LogP contribution in [0.2, 0.25) is 0 Å². The summed E-state index contributed by atoms with van der Waals surface area (Å²) < 4.78 is 5.52. The van der Waals surface area contributed by atoms with Gasteiger partial charge >= 0.3 is 0 Å². The first-order valence-corrected chi connectivity index (χ1v) is 7.73. The smallest absolute Gasteiger partial charge is 0.265 e. The van der Waals surface area contributed by atoms with Crippen molar-refractivity contribution in [1.82, 2.24) is 0 Å². The molecular formula is C18H17N3O4. The highest BCUT2D eigenvalue weighted by molar-refractivity contribution is 6.09. The van der Waals surface area contributed by atoms with Gasteiger partial charge in [0.1, 0.15) is 11.4 Å². The molecule has 0 spiro atoms. The number of hydrogen-bond donors (Lipinski definition) is 3. The number of ether oxygens (including phenoxy) is 1. The molecule has 3 rings (SSSR count). The van der Waals surface area contributed by atoms with Crippen LogP contribution in [0.4, 0.5) is 17.1 Å². The molecule has 1 atom stereocenters. The van der Waals surface area contributed by atoms with Crippen LogP contribution in [-0.2, 0) is 9.59 Å². The highest BCUT2D eigenvalue weighted by Gasteiger charge is 2.26. The van der Waals surface area contributed by atoms with E-state index in [1.54, 1.807) is 49.4 Å². The lowest BCUT2D eigenvalue weighted by atomic mass is 10.1. The van der Waals surface area contributed by atoms with Crippen molar-refractivity contribution in [3.8, 4) is 5.75 Å². The van der Waals surface area contributed by atoms with Gasteiger partial charge in [-0.05, 0) is 37.3 Å². The molecule has 0 saturated heterocycles. The number of anilines is 3. The Balaban J connectivity index is 1.84. The van der Waals surface area contributed by atoms with Crippen LogP contribution in [0.1, 0.15) is 24.2 Å². The first-order valence-electron chi connectivity index (χ1n) is 7.73. The highest BCUT2D eigenvalue weighted by atomic mass is 16.5. The van der Waals surface area contributed by atoms with Crippen molar-refractivity contribution in [3.63, 3.8) is 0 Å². The van der Waals surface area contributed by atoms with Crippen molar-refractivity contribution in [3.05, 3.63) is 48.0 Å². The zero-order valence-corrected chi connectivity index (χ0v) is 13.8. The molecule has 7 heteroatoms. The van der Waals surface area contributed by atoms with Crippen molar-refractivity contribution < 1.29 is 19.1 Å². The van der Waals surface area contributed by atoms with Gasteiger partial charge in [0.15, 0.2) is 6.10 Å². The molecule has 0 radical (unpaired) electrons. The van der Waals surface area contributed by atoms with Crippen LogP contribution in [0.3, 0.4) is 0 Å². The number of benzene rings is 2. The van der Waals surface area contributed by atoms with E-state index in [1.165, 1.54) is 6.92 Å². The molecule has 0 aromatic heterocycles. The fourth-order valence-corrected chi connectivity index (χ4v) is 2.47. The van der Waals surface area contributed by atoms with Crippen LogP contribution in [0.25, 0.3) is 0 Å². The van der Waals surface area contributed by atoms with E-state index in [1.807, 2.05) is 0 Å². The standard InChI is InChI=1S/C18H17N3O4/c1-10-17(23)21-16-14(7-4-8-15(16)25-10)20-18(24)12-5-3-6-13(9-12)19-11(2)22/h3-10H,1-2H3,(H,19,22)(H,20,24)(H,21,23). The maximum atomic E-state index is 12.5. The molecule has 2 aromatic rings. The molecule has 0 bridgehead atoms. The fraction of sp³-hybridized carbons (Fsp3) is 0.167. The molecule has 1 heterocycles. The minimum Gasteiger partial charge on any atom is -0.479 e. The Morgan fingerprint density at radius 3 is 2.64 bits per heavy atom. The number of para-hydroxylation sites is 1. The summed E-state index contributed by atoms with van der Waals surface area (Å²) in [7, 11) is 0. The monoisotopic (exact) mass is 339 g/mol. The second kappa shape index (κ2) is 6.64.